The summed E-state index contributed by atoms with van der Waals surface area (Å²) < 4.78 is 0. The molecular formula is C17H23O3. The predicted molar refractivity (Wildman–Crippen MR) is 77.7 cm³/mol. The first kappa shape index (κ1) is 15.0. The van der Waals surface area contributed by atoms with Gasteiger partial charge in [-0.05, 0) is 42.4 Å². The van der Waals surface area contributed by atoms with Gasteiger partial charge in [-0.1, -0.05) is 45.7 Å². The van der Waals surface area contributed by atoms with Gasteiger partial charge in [0.15, 0.2) is 6.10 Å². The molecule has 3 nitrogen and oxygen atoms in total. The quantitative estimate of drug-likeness (QED) is 0.606. The summed E-state index contributed by atoms with van der Waals surface area (Å²) in [5, 5.41) is 0. The largest absolute Gasteiger partial charge is 0.373 e. The van der Waals surface area contributed by atoms with E-state index in [4.69, 9.17) is 9.78 Å². The van der Waals surface area contributed by atoms with E-state index in [2.05, 4.69) is 20.8 Å². The van der Waals surface area contributed by atoms with Crippen LogP contribution in [0.1, 0.15) is 56.0 Å². The van der Waals surface area contributed by atoms with Gasteiger partial charge in [0.25, 0.3) is 0 Å². The van der Waals surface area contributed by atoms with Crippen molar-refractivity contribution >= 4 is 5.97 Å². The lowest BCUT2D eigenvalue weighted by Gasteiger charge is -2.31. The molecule has 1 aliphatic carbocycles. The van der Waals surface area contributed by atoms with Gasteiger partial charge in [0.05, 0.1) is 5.56 Å². The second-order valence-electron chi connectivity index (χ2n) is 5.63. The molecule has 1 aromatic carbocycles. The highest BCUT2D eigenvalue weighted by Gasteiger charge is 2.30. The first-order chi connectivity index (χ1) is 9.61. The third kappa shape index (κ3) is 3.60. The molecule has 0 N–H and O–H groups in total. The summed E-state index contributed by atoms with van der Waals surface area (Å²) in [7, 11) is 0. The molecule has 0 bridgehead atoms. The van der Waals surface area contributed by atoms with Gasteiger partial charge in [-0.3, -0.25) is 4.89 Å². The zero-order valence-electron chi connectivity index (χ0n) is 12.5. The molecule has 3 heteroatoms. The fourth-order valence-corrected chi connectivity index (χ4v) is 2.53. The average molecular weight is 275 g/mol. The van der Waals surface area contributed by atoms with E-state index in [1.165, 1.54) is 12.0 Å². The number of carbonyl (C=O) groups is 1. The van der Waals surface area contributed by atoms with Crippen LogP contribution in [0.2, 0.25) is 0 Å². The predicted octanol–water partition coefficient (Wildman–Crippen LogP) is 4.33. The zero-order valence-corrected chi connectivity index (χ0v) is 12.5. The molecule has 1 saturated carbocycles. The summed E-state index contributed by atoms with van der Waals surface area (Å²) in [6.07, 6.45) is 5.04. The summed E-state index contributed by atoms with van der Waals surface area (Å²) in [5.41, 5.74) is 1.73. The Morgan fingerprint density at radius 2 is 1.95 bits per heavy atom. The SMILES string of the molecule is CCc1ccc(C(=O)OO[C]2CCCC(C)C2C)cc1. The second kappa shape index (κ2) is 6.89. The average Bonchev–Trinajstić information content (AvgIpc) is 2.48. The Hall–Kier alpha value is -1.35. The third-order valence-electron chi connectivity index (χ3n) is 4.27. The molecule has 2 rings (SSSR count). The van der Waals surface area contributed by atoms with Crippen LogP contribution in [0.15, 0.2) is 24.3 Å². The molecule has 0 saturated heterocycles. The van der Waals surface area contributed by atoms with Gasteiger partial charge in [0, 0.05) is 0 Å². The minimum absolute atomic E-state index is 0.346. The van der Waals surface area contributed by atoms with Gasteiger partial charge >= 0.3 is 5.97 Å². The van der Waals surface area contributed by atoms with E-state index in [9.17, 15) is 4.79 Å². The maximum absolute atomic E-state index is 11.9. The second-order valence-corrected chi connectivity index (χ2v) is 5.63. The number of aryl methyl sites for hydroxylation is 1. The molecule has 2 unspecified atom stereocenters. The topological polar surface area (TPSA) is 35.5 Å². The van der Waals surface area contributed by atoms with Crippen molar-refractivity contribution in [2.45, 2.75) is 46.5 Å². The maximum atomic E-state index is 11.9. The lowest BCUT2D eigenvalue weighted by atomic mass is 9.80. The van der Waals surface area contributed by atoms with Crippen LogP contribution in [0.4, 0.5) is 0 Å². The number of rotatable bonds is 4. The summed E-state index contributed by atoms with van der Waals surface area (Å²) in [6.45, 7) is 6.42. The Morgan fingerprint density at radius 1 is 1.25 bits per heavy atom. The number of carbonyl (C=O) groups excluding carboxylic acids is 1. The number of benzene rings is 1. The Labute approximate surface area is 121 Å². The zero-order chi connectivity index (χ0) is 14.5. The smallest absolute Gasteiger partial charge is 0.292 e. The normalized spacial score (nSPS) is 23.6. The Kier molecular flexibility index (Phi) is 5.18. The highest BCUT2D eigenvalue weighted by atomic mass is 17.2. The molecule has 1 radical (unpaired) electrons. The molecular weight excluding hydrogens is 252 g/mol. The fourth-order valence-electron chi connectivity index (χ4n) is 2.53. The van der Waals surface area contributed by atoms with Crippen molar-refractivity contribution < 1.29 is 14.6 Å². The van der Waals surface area contributed by atoms with Crippen LogP contribution in [0.25, 0.3) is 0 Å². The van der Waals surface area contributed by atoms with E-state index in [-0.39, 0.29) is 0 Å². The van der Waals surface area contributed by atoms with Crippen LogP contribution in [0.3, 0.4) is 0 Å². The van der Waals surface area contributed by atoms with Gasteiger partial charge in [0.1, 0.15) is 0 Å². The van der Waals surface area contributed by atoms with Gasteiger partial charge in [-0.25, -0.2) is 4.79 Å². The molecule has 20 heavy (non-hydrogen) atoms. The lowest BCUT2D eigenvalue weighted by molar-refractivity contribution is -0.248. The molecule has 0 heterocycles. The van der Waals surface area contributed by atoms with Gasteiger partial charge in [-0.15, -0.1) is 0 Å². The molecule has 1 fully saturated rings. The Bertz CT molecular complexity index is 438. The molecule has 0 amide bonds. The lowest BCUT2D eigenvalue weighted by Crippen LogP contribution is -2.25. The number of hydrogen-bond acceptors (Lipinski definition) is 3. The summed E-state index contributed by atoms with van der Waals surface area (Å²) in [5.74, 6) is 0.505. The van der Waals surface area contributed by atoms with E-state index in [1.807, 2.05) is 12.1 Å². The van der Waals surface area contributed by atoms with Crippen LogP contribution in [0.5, 0.6) is 0 Å². The Morgan fingerprint density at radius 3 is 2.60 bits per heavy atom. The molecule has 109 valence electrons. The maximum Gasteiger partial charge on any atom is 0.373 e. The van der Waals surface area contributed by atoms with E-state index in [0.29, 0.717) is 17.4 Å². The van der Waals surface area contributed by atoms with Crippen LogP contribution in [-0.2, 0) is 16.2 Å². The van der Waals surface area contributed by atoms with Crippen molar-refractivity contribution in [1.82, 2.24) is 0 Å². The molecule has 0 aromatic heterocycles. The van der Waals surface area contributed by atoms with Crippen molar-refractivity contribution in [3.8, 4) is 0 Å². The molecule has 0 aliphatic heterocycles. The molecule has 2 atom stereocenters. The van der Waals surface area contributed by atoms with Gasteiger partial charge in [0.2, 0.25) is 0 Å². The third-order valence-corrected chi connectivity index (χ3v) is 4.27. The highest BCUT2D eigenvalue weighted by molar-refractivity contribution is 5.88. The highest BCUT2D eigenvalue weighted by Crippen LogP contribution is 2.36. The van der Waals surface area contributed by atoms with Gasteiger partial charge < -0.3 is 0 Å². The van der Waals surface area contributed by atoms with E-state index in [0.717, 1.165) is 25.4 Å². The van der Waals surface area contributed by atoms with Crippen molar-refractivity contribution in [1.29, 1.82) is 0 Å². The summed E-state index contributed by atoms with van der Waals surface area (Å²) in [4.78, 5) is 22.2. The van der Waals surface area contributed by atoms with E-state index >= 15 is 0 Å². The molecule has 1 aliphatic rings. The van der Waals surface area contributed by atoms with E-state index < -0.39 is 5.97 Å². The summed E-state index contributed by atoms with van der Waals surface area (Å²) in [6, 6.07) is 7.44. The summed E-state index contributed by atoms with van der Waals surface area (Å²) >= 11 is 0. The van der Waals surface area contributed by atoms with E-state index in [1.54, 1.807) is 12.1 Å². The first-order valence-corrected chi connectivity index (χ1v) is 7.45. The van der Waals surface area contributed by atoms with Gasteiger partial charge in [-0.2, -0.15) is 4.89 Å². The first-order valence-electron chi connectivity index (χ1n) is 7.45. The van der Waals surface area contributed by atoms with Crippen molar-refractivity contribution in [2.24, 2.45) is 11.8 Å². The number of hydrogen-bond donors (Lipinski definition) is 0. The minimum Gasteiger partial charge on any atom is -0.292 e. The van der Waals surface area contributed by atoms with Crippen LogP contribution in [0, 0.1) is 17.9 Å². The molecule has 1 aromatic rings. The fraction of sp³-hybridized carbons (Fsp3) is 0.529. The van der Waals surface area contributed by atoms with Crippen molar-refractivity contribution in [3.05, 3.63) is 41.5 Å². The molecule has 0 spiro atoms. The van der Waals surface area contributed by atoms with Crippen LogP contribution in [-0.4, -0.2) is 5.97 Å². The Balaban J connectivity index is 1.87. The van der Waals surface area contributed by atoms with Crippen molar-refractivity contribution in [3.63, 3.8) is 0 Å². The van der Waals surface area contributed by atoms with Crippen LogP contribution >= 0.6 is 0 Å². The monoisotopic (exact) mass is 275 g/mol. The van der Waals surface area contributed by atoms with Crippen molar-refractivity contribution in [2.75, 3.05) is 0 Å². The standard InChI is InChI=1S/C17H23O3/c1-4-14-8-10-15(11-9-14)17(18)20-19-16-7-5-6-12(2)13(16)3/h8-13H,4-7H2,1-3H3. The van der Waals surface area contributed by atoms with Crippen LogP contribution < -0.4 is 0 Å². The minimum atomic E-state index is -0.425.